The number of carbonyl (C=O) groups is 2. The van der Waals surface area contributed by atoms with E-state index in [1.165, 1.54) is 19.1 Å². The SMILES string of the molecule is C[C@H]1CCC2C(OC(=O)C23CN3c2c(F)c(F)c(F)c(F)c2F)[C@]2(C)C(=O)C=C[C@@]12O. The number of hydrogen-bond donors (Lipinski definition) is 1. The van der Waals surface area contributed by atoms with Gasteiger partial charge in [0.1, 0.15) is 17.4 Å². The van der Waals surface area contributed by atoms with Crippen molar-refractivity contribution in [3.8, 4) is 0 Å². The molecule has 2 heterocycles. The summed E-state index contributed by atoms with van der Waals surface area (Å²) in [6.07, 6.45) is 2.10. The van der Waals surface area contributed by atoms with Crippen molar-refractivity contribution in [3.05, 3.63) is 41.2 Å². The van der Waals surface area contributed by atoms with Gasteiger partial charge in [-0.3, -0.25) is 4.79 Å². The third-order valence-corrected chi connectivity index (χ3v) is 7.86. The molecule has 0 aromatic heterocycles. The first kappa shape index (κ1) is 20.4. The summed E-state index contributed by atoms with van der Waals surface area (Å²) in [5, 5.41) is 11.3. The summed E-state index contributed by atoms with van der Waals surface area (Å²) in [6, 6.07) is 0. The lowest BCUT2D eigenvalue weighted by Crippen LogP contribution is -2.57. The molecule has 2 aliphatic heterocycles. The van der Waals surface area contributed by atoms with Gasteiger partial charge in [-0.1, -0.05) is 6.92 Å². The zero-order chi connectivity index (χ0) is 22.7. The fourth-order valence-electron chi connectivity index (χ4n) is 5.86. The van der Waals surface area contributed by atoms with Gasteiger partial charge in [-0.2, -0.15) is 0 Å². The minimum Gasteiger partial charge on any atom is -0.459 e. The summed E-state index contributed by atoms with van der Waals surface area (Å²) in [6.45, 7) is 2.90. The summed E-state index contributed by atoms with van der Waals surface area (Å²) >= 11 is 0. The van der Waals surface area contributed by atoms with E-state index < -0.39 is 81.0 Å². The molecule has 5 rings (SSSR count). The second-order valence-electron chi connectivity index (χ2n) is 9.06. The van der Waals surface area contributed by atoms with Gasteiger partial charge < -0.3 is 14.7 Å². The molecule has 31 heavy (non-hydrogen) atoms. The predicted octanol–water partition coefficient (Wildman–Crippen LogP) is 2.79. The molecule has 1 saturated carbocycles. The van der Waals surface area contributed by atoms with E-state index in [1.54, 1.807) is 6.92 Å². The lowest BCUT2D eigenvalue weighted by molar-refractivity contribution is -0.166. The lowest BCUT2D eigenvalue weighted by atomic mass is 9.64. The average molecular weight is 443 g/mol. The van der Waals surface area contributed by atoms with E-state index >= 15 is 0 Å². The largest absolute Gasteiger partial charge is 0.459 e. The lowest BCUT2D eigenvalue weighted by Gasteiger charge is -2.43. The maximum atomic E-state index is 14.4. The molecule has 0 amide bonds. The van der Waals surface area contributed by atoms with Crippen LogP contribution in [0.3, 0.4) is 0 Å². The number of fused-ring (bicyclic) bond motifs is 4. The van der Waals surface area contributed by atoms with Crippen LogP contribution in [-0.4, -0.2) is 40.6 Å². The van der Waals surface area contributed by atoms with Crippen LogP contribution < -0.4 is 4.90 Å². The van der Waals surface area contributed by atoms with Crippen molar-refractivity contribution in [2.75, 3.05) is 11.4 Å². The first-order chi connectivity index (χ1) is 14.4. The second-order valence-corrected chi connectivity index (χ2v) is 9.06. The Bertz CT molecular complexity index is 1060. The number of hydrogen-bond acceptors (Lipinski definition) is 5. The normalized spacial score (nSPS) is 40.8. The molecule has 1 aromatic carbocycles. The second kappa shape index (κ2) is 5.85. The number of rotatable bonds is 1. The Labute approximate surface area is 173 Å². The smallest absolute Gasteiger partial charge is 0.334 e. The highest BCUT2D eigenvalue weighted by molar-refractivity contribution is 6.02. The number of carbonyl (C=O) groups excluding carboxylic acids is 2. The molecular formula is C21H18F5NO4. The highest BCUT2D eigenvalue weighted by Crippen LogP contribution is 2.62. The molecule has 1 aromatic rings. The fraction of sp³-hybridized carbons (Fsp3) is 0.524. The van der Waals surface area contributed by atoms with Crippen LogP contribution in [0.4, 0.5) is 27.6 Å². The number of aliphatic hydroxyl groups is 1. The van der Waals surface area contributed by atoms with Crippen LogP contribution in [-0.2, 0) is 14.3 Å². The number of allylic oxidation sites excluding steroid dienone is 1. The Hall–Kier alpha value is -2.49. The molecule has 1 N–H and O–H groups in total. The molecule has 3 fully saturated rings. The van der Waals surface area contributed by atoms with Crippen molar-refractivity contribution in [1.82, 2.24) is 0 Å². The first-order valence-electron chi connectivity index (χ1n) is 9.89. The molecule has 166 valence electrons. The van der Waals surface area contributed by atoms with Gasteiger partial charge in [-0.25, -0.2) is 26.7 Å². The minimum atomic E-state index is -2.29. The van der Waals surface area contributed by atoms with Crippen LogP contribution in [0.1, 0.15) is 26.7 Å². The summed E-state index contributed by atoms with van der Waals surface area (Å²) in [4.78, 5) is 26.5. The highest BCUT2D eigenvalue weighted by atomic mass is 19.2. The van der Waals surface area contributed by atoms with Crippen molar-refractivity contribution in [2.45, 2.75) is 43.9 Å². The predicted molar refractivity (Wildman–Crippen MR) is 95.3 cm³/mol. The molecule has 0 radical (unpaired) electrons. The Morgan fingerprint density at radius 2 is 1.61 bits per heavy atom. The molecular weight excluding hydrogens is 425 g/mol. The number of esters is 1. The molecule has 3 unspecified atom stereocenters. The third kappa shape index (κ3) is 2.09. The van der Waals surface area contributed by atoms with E-state index in [0.29, 0.717) is 6.42 Å². The van der Waals surface area contributed by atoms with Gasteiger partial charge in [0.25, 0.3) is 0 Å². The fourth-order valence-corrected chi connectivity index (χ4v) is 5.86. The summed E-state index contributed by atoms with van der Waals surface area (Å²) in [5.41, 5.74) is -5.99. The number of halogens is 5. The quantitative estimate of drug-likeness (QED) is 0.238. The van der Waals surface area contributed by atoms with Crippen LogP contribution in [0.2, 0.25) is 0 Å². The van der Waals surface area contributed by atoms with Gasteiger partial charge in [0.05, 0.1) is 12.0 Å². The van der Waals surface area contributed by atoms with Crippen LogP contribution in [0.15, 0.2) is 12.2 Å². The van der Waals surface area contributed by atoms with E-state index in [2.05, 4.69) is 0 Å². The van der Waals surface area contributed by atoms with Gasteiger partial charge in [-0.05, 0) is 37.8 Å². The Morgan fingerprint density at radius 3 is 2.23 bits per heavy atom. The van der Waals surface area contributed by atoms with Crippen LogP contribution in [0.5, 0.6) is 0 Å². The van der Waals surface area contributed by atoms with Gasteiger partial charge in [0.2, 0.25) is 5.82 Å². The van der Waals surface area contributed by atoms with E-state index in [1.807, 2.05) is 0 Å². The molecule has 2 saturated heterocycles. The summed E-state index contributed by atoms with van der Waals surface area (Å²) in [7, 11) is 0. The number of anilines is 1. The van der Waals surface area contributed by atoms with Gasteiger partial charge in [0.15, 0.2) is 34.6 Å². The third-order valence-electron chi connectivity index (χ3n) is 7.86. The van der Waals surface area contributed by atoms with Crippen molar-refractivity contribution < 1.29 is 41.4 Å². The molecule has 2 aliphatic carbocycles. The molecule has 5 nitrogen and oxygen atoms in total. The topological polar surface area (TPSA) is 66.6 Å². The average Bonchev–Trinajstić information content (AvgIpc) is 3.35. The van der Waals surface area contributed by atoms with Crippen LogP contribution >= 0.6 is 0 Å². The maximum Gasteiger partial charge on any atom is 0.334 e. The van der Waals surface area contributed by atoms with Gasteiger partial charge >= 0.3 is 5.97 Å². The number of benzene rings is 1. The molecule has 1 spiro atoms. The first-order valence-corrected chi connectivity index (χ1v) is 9.89. The number of ether oxygens (including phenoxy) is 1. The van der Waals surface area contributed by atoms with E-state index in [9.17, 15) is 36.6 Å². The molecule has 4 aliphatic rings. The summed E-state index contributed by atoms with van der Waals surface area (Å²) in [5.74, 6) is -13.1. The maximum absolute atomic E-state index is 14.4. The molecule has 6 atom stereocenters. The zero-order valence-electron chi connectivity index (χ0n) is 16.5. The van der Waals surface area contributed by atoms with Crippen molar-refractivity contribution in [2.24, 2.45) is 17.3 Å². The number of ketones is 1. The van der Waals surface area contributed by atoms with Crippen molar-refractivity contribution >= 4 is 17.4 Å². The molecule has 10 heteroatoms. The zero-order valence-corrected chi connectivity index (χ0v) is 16.5. The Morgan fingerprint density at radius 1 is 1.03 bits per heavy atom. The van der Waals surface area contributed by atoms with E-state index in [4.69, 9.17) is 4.74 Å². The Balaban J connectivity index is 1.62. The Kier molecular flexibility index (Phi) is 3.85. The van der Waals surface area contributed by atoms with Gasteiger partial charge in [0, 0.05) is 5.92 Å². The highest BCUT2D eigenvalue weighted by Gasteiger charge is 2.78. The van der Waals surface area contributed by atoms with Crippen molar-refractivity contribution in [3.63, 3.8) is 0 Å². The van der Waals surface area contributed by atoms with Crippen LogP contribution in [0.25, 0.3) is 0 Å². The minimum absolute atomic E-state index is 0.252. The monoisotopic (exact) mass is 443 g/mol. The van der Waals surface area contributed by atoms with E-state index in [0.717, 1.165) is 4.90 Å². The van der Waals surface area contributed by atoms with Gasteiger partial charge in [-0.15, -0.1) is 0 Å². The van der Waals surface area contributed by atoms with E-state index in [-0.39, 0.29) is 13.0 Å². The molecule has 0 bridgehead atoms. The number of nitrogens with zero attached hydrogens (tertiary/aromatic N) is 1. The summed E-state index contributed by atoms with van der Waals surface area (Å²) < 4.78 is 75.4. The van der Waals surface area contributed by atoms with Crippen molar-refractivity contribution in [1.29, 1.82) is 0 Å². The van der Waals surface area contributed by atoms with Crippen LogP contribution in [0, 0.1) is 46.3 Å². The standard InChI is InChI=1S/C21H18F5NO4/c1-8-3-4-9-17(19(2)10(28)5-6-21(8,19)30)31-18(29)20(9)7-27(20)16-14(25)12(23)11(22)13(24)15(16)26/h5-6,8-9,17,30H,3-4,7H2,1-2H3/t8-,9?,17?,19-,20?,21+,27?/m0/s1.